The summed E-state index contributed by atoms with van der Waals surface area (Å²) in [6.45, 7) is 2.15. The van der Waals surface area contributed by atoms with Gasteiger partial charge >= 0.3 is 0 Å². The van der Waals surface area contributed by atoms with Crippen LogP contribution in [0, 0.1) is 0 Å². The Morgan fingerprint density at radius 3 is 2.23 bits per heavy atom. The van der Waals surface area contributed by atoms with Gasteiger partial charge in [-0.05, 0) is 34.9 Å². The maximum atomic E-state index is 12.8. The largest absolute Gasteiger partial charge is 0.372 e. The summed E-state index contributed by atoms with van der Waals surface area (Å²) >= 11 is 0. The second-order valence-electron chi connectivity index (χ2n) is 6.25. The van der Waals surface area contributed by atoms with Gasteiger partial charge in [0.2, 0.25) is 10.0 Å². The summed E-state index contributed by atoms with van der Waals surface area (Å²) in [5.74, 6) is 0. The predicted octanol–water partition coefficient (Wildman–Crippen LogP) is 4.07. The summed E-state index contributed by atoms with van der Waals surface area (Å²) in [6.07, 6.45) is 0.647. The van der Waals surface area contributed by atoms with E-state index in [1.165, 1.54) is 0 Å². The fourth-order valence-electron chi connectivity index (χ4n) is 3.14. The van der Waals surface area contributed by atoms with Gasteiger partial charge in [0.1, 0.15) is 5.60 Å². The zero-order valence-electron chi connectivity index (χ0n) is 15.0. The maximum Gasteiger partial charge on any atom is 0.240 e. The first-order valence-electron chi connectivity index (χ1n) is 8.60. The van der Waals surface area contributed by atoms with Crippen LogP contribution in [-0.2, 0) is 20.4 Å². The Bertz CT molecular complexity index is 980. The second kappa shape index (κ2) is 7.58. The molecule has 1 N–H and O–H groups in total. The smallest absolute Gasteiger partial charge is 0.240 e. The van der Waals surface area contributed by atoms with Crippen molar-refractivity contribution in [2.45, 2.75) is 23.8 Å². The molecular formula is C21H23NO3S. The van der Waals surface area contributed by atoms with E-state index >= 15 is 0 Å². The molecule has 26 heavy (non-hydrogen) atoms. The molecule has 0 saturated carbocycles. The van der Waals surface area contributed by atoms with Crippen LogP contribution in [0.5, 0.6) is 0 Å². The first-order valence-corrected chi connectivity index (χ1v) is 10.1. The lowest BCUT2D eigenvalue weighted by molar-refractivity contribution is -0.0133. The van der Waals surface area contributed by atoms with E-state index in [1.807, 2.05) is 67.6 Å². The molecule has 0 heterocycles. The molecule has 0 saturated heterocycles. The van der Waals surface area contributed by atoms with Gasteiger partial charge in [-0.25, -0.2) is 13.1 Å². The van der Waals surface area contributed by atoms with Crippen LogP contribution in [0.2, 0.25) is 0 Å². The summed E-state index contributed by atoms with van der Waals surface area (Å²) in [5, 5.41) is 1.91. The third-order valence-electron chi connectivity index (χ3n) is 4.84. The Morgan fingerprint density at radius 2 is 1.58 bits per heavy atom. The number of methoxy groups -OCH3 is 1. The van der Waals surface area contributed by atoms with Gasteiger partial charge < -0.3 is 4.74 Å². The number of hydrogen-bond acceptors (Lipinski definition) is 3. The van der Waals surface area contributed by atoms with Crippen LogP contribution < -0.4 is 4.72 Å². The lowest BCUT2D eigenvalue weighted by atomic mass is 9.91. The van der Waals surface area contributed by atoms with Crippen LogP contribution in [0.1, 0.15) is 18.9 Å². The third kappa shape index (κ3) is 3.65. The van der Waals surface area contributed by atoms with Crippen LogP contribution in [0.25, 0.3) is 10.8 Å². The molecule has 0 aromatic heterocycles. The average molecular weight is 369 g/mol. The summed E-state index contributed by atoms with van der Waals surface area (Å²) in [7, 11) is -2.03. The van der Waals surface area contributed by atoms with E-state index < -0.39 is 15.6 Å². The van der Waals surface area contributed by atoms with Crippen LogP contribution in [0.15, 0.2) is 77.7 Å². The standard InChI is InChI=1S/C21H23NO3S/c1-3-21(25-2,19-11-5-4-6-12-19)16-22-26(23,24)20-14-13-17-9-7-8-10-18(17)15-20/h4-15,22H,3,16H2,1-2H3. The van der Waals surface area contributed by atoms with Crippen LogP contribution >= 0.6 is 0 Å². The maximum absolute atomic E-state index is 12.8. The number of fused-ring (bicyclic) bond motifs is 1. The van der Waals surface area contributed by atoms with E-state index in [9.17, 15) is 8.42 Å². The van der Waals surface area contributed by atoms with Crippen molar-refractivity contribution in [2.75, 3.05) is 13.7 Å². The van der Waals surface area contributed by atoms with Crippen LogP contribution in [0.4, 0.5) is 0 Å². The Labute approximate surface area is 154 Å². The van der Waals surface area contributed by atoms with Crippen molar-refractivity contribution in [1.29, 1.82) is 0 Å². The normalized spacial score (nSPS) is 14.2. The fourth-order valence-corrected chi connectivity index (χ4v) is 4.26. The highest BCUT2D eigenvalue weighted by molar-refractivity contribution is 7.89. The number of benzene rings is 3. The monoisotopic (exact) mass is 369 g/mol. The Morgan fingerprint density at radius 1 is 0.923 bits per heavy atom. The van der Waals surface area contributed by atoms with Gasteiger partial charge in [0, 0.05) is 13.7 Å². The minimum Gasteiger partial charge on any atom is -0.372 e. The van der Waals surface area contributed by atoms with Gasteiger partial charge in [-0.3, -0.25) is 0 Å². The van der Waals surface area contributed by atoms with Crippen LogP contribution in [-0.4, -0.2) is 22.1 Å². The van der Waals surface area contributed by atoms with Crippen molar-refractivity contribution in [3.8, 4) is 0 Å². The lowest BCUT2D eigenvalue weighted by Crippen LogP contribution is -2.41. The Hall–Kier alpha value is -2.21. The summed E-state index contributed by atoms with van der Waals surface area (Å²) in [6, 6.07) is 22.5. The first kappa shape index (κ1) is 18.6. The average Bonchev–Trinajstić information content (AvgIpc) is 2.69. The van der Waals surface area contributed by atoms with E-state index in [0.717, 1.165) is 16.3 Å². The van der Waals surface area contributed by atoms with Gasteiger partial charge in [-0.1, -0.05) is 67.6 Å². The van der Waals surface area contributed by atoms with Crippen molar-refractivity contribution >= 4 is 20.8 Å². The third-order valence-corrected chi connectivity index (χ3v) is 6.24. The molecule has 5 heteroatoms. The fraction of sp³-hybridized carbons (Fsp3) is 0.238. The van der Waals surface area contributed by atoms with E-state index in [2.05, 4.69) is 4.72 Å². The highest BCUT2D eigenvalue weighted by atomic mass is 32.2. The molecule has 3 aromatic rings. The molecule has 136 valence electrons. The molecular weight excluding hydrogens is 346 g/mol. The van der Waals surface area contributed by atoms with Gasteiger partial charge in [0.15, 0.2) is 0 Å². The molecule has 1 unspecified atom stereocenters. The minimum atomic E-state index is -3.64. The minimum absolute atomic E-state index is 0.166. The summed E-state index contributed by atoms with van der Waals surface area (Å²) < 4.78 is 34.1. The molecule has 0 aliphatic carbocycles. The molecule has 0 radical (unpaired) electrons. The molecule has 0 spiro atoms. The van der Waals surface area contributed by atoms with E-state index in [1.54, 1.807) is 19.2 Å². The molecule has 0 amide bonds. The summed E-state index contributed by atoms with van der Waals surface area (Å²) in [5.41, 5.74) is 0.247. The van der Waals surface area contributed by atoms with E-state index in [-0.39, 0.29) is 11.4 Å². The SMILES string of the molecule is CCC(CNS(=O)(=O)c1ccc2ccccc2c1)(OC)c1ccccc1. The van der Waals surface area contributed by atoms with E-state index in [0.29, 0.717) is 6.42 Å². The number of hydrogen-bond donors (Lipinski definition) is 1. The summed E-state index contributed by atoms with van der Waals surface area (Å²) in [4.78, 5) is 0.255. The Balaban J connectivity index is 1.88. The predicted molar refractivity (Wildman–Crippen MR) is 105 cm³/mol. The molecule has 1 atom stereocenters. The van der Waals surface area contributed by atoms with Crippen molar-refractivity contribution in [3.63, 3.8) is 0 Å². The topological polar surface area (TPSA) is 55.4 Å². The molecule has 0 aliphatic rings. The van der Waals surface area contributed by atoms with Gasteiger partial charge in [0.05, 0.1) is 4.90 Å². The van der Waals surface area contributed by atoms with Crippen molar-refractivity contribution in [3.05, 3.63) is 78.4 Å². The molecule has 0 fully saturated rings. The number of ether oxygens (including phenoxy) is 1. The number of sulfonamides is 1. The highest BCUT2D eigenvalue weighted by Gasteiger charge is 2.32. The van der Waals surface area contributed by atoms with Gasteiger partial charge in [0.25, 0.3) is 0 Å². The second-order valence-corrected chi connectivity index (χ2v) is 8.02. The van der Waals surface area contributed by atoms with Gasteiger partial charge in [-0.2, -0.15) is 0 Å². The lowest BCUT2D eigenvalue weighted by Gasteiger charge is -2.32. The van der Waals surface area contributed by atoms with E-state index in [4.69, 9.17) is 4.74 Å². The molecule has 3 rings (SSSR count). The van der Waals surface area contributed by atoms with Crippen molar-refractivity contribution in [1.82, 2.24) is 4.72 Å². The zero-order valence-corrected chi connectivity index (χ0v) is 15.8. The number of rotatable bonds is 7. The molecule has 4 nitrogen and oxygen atoms in total. The van der Waals surface area contributed by atoms with Gasteiger partial charge in [-0.15, -0.1) is 0 Å². The highest BCUT2D eigenvalue weighted by Crippen LogP contribution is 2.29. The van der Waals surface area contributed by atoms with Crippen molar-refractivity contribution in [2.24, 2.45) is 0 Å². The zero-order chi connectivity index (χ0) is 18.6. The molecule has 0 aliphatic heterocycles. The first-order chi connectivity index (χ1) is 12.5. The van der Waals surface area contributed by atoms with Crippen molar-refractivity contribution < 1.29 is 13.2 Å². The Kier molecular flexibility index (Phi) is 5.41. The van der Waals surface area contributed by atoms with Crippen LogP contribution in [0.3, 0.4) is 0 Å². The molecule has 3 aromatic carbocycles. The number of nitrogens with one attached hydrogen (secondary N) is 1. The quantitative estimate of drug-likeness (QED) is 0.683. The molecule has 0 bridgehead atoms.